The number of rotatable bonds is 4. The average Bonchev–Trinajstić information content (AvgIpc) is 2.86. The average molecular weight is 269 g/mol. The minimum Gasteiger partial charge on any atom is -0.275 e. The second-order valence-electron chi connectivity index (χ2n) is 4.14. The van der Waals surface area contributed by atoms with E-state index in [4.69, 9.17) is 0 Å². The van der Waals surface area contributed by atoms with E-state index in [0.29, 0.717) is 0 Å². The molecule has 1 N–H and O–H groups in total. The van der Waals surface area contributed by atoms with E-state index in [9.17, 15) is 8.42 Å². The number of aryl methyl sites for hydroxylation is 2. The van der Waals surface area contributed by atoms with Crippen molar-refractivity contribution in [2.24, 2.45) is 14.1 Å². The molecule has 0 aromatic carbocycles. The molecule has 0 aliphatic rings. The van der Waals surface area contributed by atoms with Gasteiger partial charge in [-0.25, -0.2) is 13.1 Å². The standard InChI is InChI=1S/C10H15N5O2S/c1-8(9-4-11-14(2)6-9)13-18(16,17)10-5-12-15(3)7-10/h4-8,13H,1-3H3. The van der Waals surface area contributed by atoms with E-state index in [2.05, 4.69) is 14.9 Å². The second-order valence-corrected chi connectivity index (χ2v) is 5.85. The van der Waals surface area contributed by atoms with Gasteiger partial charge >= 0.3 is 0 Å². The van der Waals surface area contributed by atoms with Gasteiger partial charge in [-0.15, -0.1) is 0 Å². The monoisotopic (exact) mass is 269 g/mol. The van der Waals surface area contributed by atoms with E-state index in [1.807, 2.05) is 0 Å². The van der Waals surface area contributed by atoms with Crippen molar-refractivity contribution in [3.63, 3.8) is 0 Å². The highest BCUT2D eigenvalue weighted by molar-refractivity contribution is 7.89. The van der Waals surface area contributed by atoms with Crippen LogP contribution in [-0.4, -0.2) is 28.0 Å². The van der Waals surface area contributed by atoms with Gasteiger partial charge in [0.25, 0.3) is 0 Å². The van der Waals surface area contributed by atoms with Crippen molar-refractivity contribution in [3.8, 4) is 0 Å². The van der Waals surface area contributed by atoms with Crippen LogP contribution < -0.4 is 4.72 Å². The Hall–Kier alpha value is -1.67. The van der Waals surface area contributed by atoms with Crippen LogP contribution in [0.2, 0.25) is 0 Å². The van der Waals surface area contributed by atoms with Crippen LogP contribution in [0.1, 0.15) is 18.5 Å². The van der Waals surface area contributed by atoms with E-state index in [0.717, 1.165) is 5.56 Å². The van der Waals surface area contributed by atoms with E-state index >= 15 is 0 Å². The van der Waals surface area contributed by atoms with Crippen LogP contribution in [0.3, 0.4) is 0 Å². The number of hydrogen-bond donors (Lipinski definition) is 1. The summed E-state index contributed by atoms with van der Waals surface area (Å²) >= 11 is 0. The first-order valence-corrected chi connectivity index (χ1v) is 6.86. The van der Waals surface area contributed by atoms with Gasteiger partial charge in [0.2, 0.25) is 10.0 Å². The zero-order valence-corrected chi connectivity index (χ0v) is 11.2. The fraction of sp³-hybridized carbons (Fsp3) is 0.400. The molecule has 0 saturated carbocycles. The van der Waals surface area contributed by atoms with Gasteiger partial charge < -0.3 is 0 Å². The van der Waals surface area contributed by atoms with Crippen LogP contribution >= 0.6 is 0 Å². The molecule has 2 rings (SSSR count). The molecule has 7 nitrogen and oxygen atoms in total. The molecule has 0 aliphatic heterocycles. The summed E-state index contributed by atoms with van der Waals surface area (Å²) in [7, 11) is -0.0942. The summed E-state index contributed by atoms with van der Waals surface area (Å²) in [5, 5.41) is 7.86. The lowest BCUT2D eigenvalue weighted by Crippen LogP contribution is -2.26. The molecule has 2 aromatic heterocycles. The molecule has 0 saturated heterocycles. The van der Waals surface area contributed by atoms with E-state index in [1.54, 1.807) is 38.1 Å². The fourth-order valence-electron chi connectivity index (χ4n) is 1.57. The second kappa shape index (κ2) is 4.54. The van der Waals surface area contributed by atoms with Gasteiger partial charge in [0, 0.05) is 38.1 Å². The number of aromatic nitrogens is 4. The number of hydrogen-bond acceptors (Lipinski definition) is 4. The lowest BCUT2D eigenvalue weighted by atomic mass is 10.2. The molecule has 0 fully saturated rings. The Kier molecular flexibility index (Phi) is 3.22. The molecule has 0 bridgehead atoms. The maximum Gasteiger partial charge on any atom is 0.244 e. The molecule has 18 heavy (non-hydrogen) atoms. The summed E-state index contributed by atoms with van der Waals surface area (Å²) in [6, 6.07) is -0.344. The Morgan fingerprint density at radius 1 is 1.17 bits per heavy atom. The van der Waals surface area contributed by atoms with Crippen molar-refractivity contribution >= 4 is 10.0 Å². The molecule has 8 heteroatoms. The smallest absolute Gasteiger partial charge is 0.244 e. The third-order valence-corrected chi connectivity index (χ3v) is 4.04. The SMILES string of the molecule is CC(NS(=O)(=O)c1cnn(C)c1)c1cnn(C)c1. The molecule has 0 spiro atoms. The van der Waals surface area contributed by atoms with Crippen molar-refractivity contribution in [3.05, 3.63) is 30.4 Å². The van der Waals surface area contributed by atoms with Crippen LogP contribution in [0.4, 0.5) is 0 Å². The molecule has 2 heterocycles. The van der Waals surface area contributed by atoms with E-state index in [1.165, 1.54) is 17.1 Å². The van der Waals surface area contributed by atoms with Gasteiger partial charge in [0.05, 0.1) is 12.4 Å². The van der Waals surface area contributed by atoms with Gasteiger partial charge in [-0.2, -0.15) is 10.2 Å². The summed E-state index contributed by atoms with van der Waals surface area (Å²) in [5.74, 6) is 0. The Balaban J connectivity index is 2.18. The molecular formula is C10H15N5O2S. The highest BCUT2D eigenvalue weighted by atomic mass is 32.2. The van der Waals surface area contributed by atoms with Crippen LogP contribution in [0.25, 0.3) is 0 Å². The third kappa shape index (κ3) is 2.59. The van der Waals surface area contributed by atoms with Gasteiger partial charge in [0.15, 0.2) is 0 Å². The Morgan fingerprint density at radius 2 is 1.78 bits per heavy atom. The third-order valence-electron chi connectivity index (χ3n) is 2.55. The summed E-state index contributed by atoms with van der Waals surface area (Å²) in [4.78, 5) is 0.153. The van der Waals surface area contributed by atoms with Gasteiger partial charge in [-0.05, 0) is 6.92 Å². The predicted octanol–water partition coefficient (Wildman–Crippen LogP) is 0.193. The molecule has 1 unspecified atom stereocenters. The van der Waals surface area contributed by atoms with Gasteiger partial charge in [-0.3, -0.25) is 9.36 Å². The van der Waals surface area contributed by atoms with Crippen LogP contribution in [-0.2, 0) is 24.1 Å². The first kappa shape index (κ1) is 12.8. The van der Waals surface area contributed by atoms with Gasteiger partial charge in [0.1, 0.15) is 4.90 Å². The first-order chi connectivity index (χ1) is 8.38. The number of nitrogens with zero attached hydrogens (tertiary/aromatic N) is 4. The Labute approximate surface area is 105 Å². The minimum absolute atomic E-state index is 0.153. The molecule has 98 valence electrons. The summed E-state index contributed by atoms with van der Waals surface area (Å²) in [5.41, 5.74) is 0.810. The lowest BCUT2D eigenvalue weighted by molar-refractivity contribution is 0.566. The van der Waals surface area contributed by atoms with Crippen LogP contribution in [0, 0.1) is 0 Å². The van der Waals surface area contributed by atoms with Crippen molar-refractivity contribution in [1.82, 2.24) is 24.3 Å². The summed E-state index contributed by atoms with van der Waals surface area (Å²) in [6.07, 6.45) is 6.18. The van der Waals surface area contributed by atoms with E-state index in [-0.39, 0.29) is 10.9 Å². The van der Waals surface area contributed by atoms with Crippen molar-refractivity contribution in [1.29, 1.82) is 0 Å². The molecule has 2 aromatic rings. The highest BCUT2D eigenvalue weighted by Crippen LogP contribution is 2.15. The van der Waals surface area contributed by atoms with Crippen molar-refractivity contribution in [2.45, 2.75) is 17.9 Å². The zero-order valence-electron chi connectivity index (χ0n) is 10.4. The topological polar surface area (TPSA) is 81.8 Å². The Bertz CT molecular complexity index is 643. The molecule has 0 aliphatic carbocycles. The summed E-state index contributed by atoms with van der Waals surface area (Å²) in [6.45, 7) is 1.77. The largest absolute Gasteiger partial charge is 0.275 e. The quantitative estimate of drug-likeness (QED) is 0.859. The lowest BCUT2D eigenvalue weighted by Gasteiger charge is -2.11. The van der Waals surface area contributed by atoms with Gasteiger partial charge in [-0.1, -0.05) is 0 Å². The zero-order chi connectivity index (χ0) is 13.3. The Morgan fingerprint density at radius 3 is 2.28 bits per heavy atom. The van der Waals surface area contributed by atoms with Crippen LogP contribution in [0.5, 0.6) is 0 Å². The first-order valence-electron chi connectivity index (χ1n) is 5.38. The molecular weight excluding hydrogens is 254 g/mol. The molecule has 1 atom stereocenters. The summed E-state index contributed by atoms with van der Waals surface area (Å²) < 4.78 is 29.7. The highest BCUT2D eigenvalue weighted by Gasteiger charge is 2.20. The normalized spacial score (nSPS) is 13.7. The molecule has 0 amide bonds. The fourth-order valence-corrected chi connectivity index (χ4v) is 2.78. The number of sulfonamides is 1. The minimum atomic E-state index is -3.55. The van der Waals surface area contributed by atoms with Crippen LogP contribution in [0.15, 0.2) is 29.7 Å². The number of nitrogens with one attached hydrogen (secondary N) is 1. The predicted molar refractivity (Wildman–Crippen MR) is 65.2 cm³/mol. The molecule has 0 radical (unpaired) electrons. The van der Waals surface area contributed by atoms with Crippen molar-refractivity contribution in [2.75, 3.05) is 0 Å². The maximum absolute atomic E-state index is 12.0. The van der Waals surface area contributed by atoms with E-state index < -0.39 is 10.0 Å². The maximum atomic E-state index is 12.0. The van der Waals surface area contributed by atoms with Crippen molar-refractivity contribution < 1.29 is 8.42 Å².